The van der Waals surface area contributed by atoms with E-state index < -0.39 is 16.1 Å². The molecular formula is C12H12Br2N2O3S2. The lowest BCUT2D eigenvalue weighted by Gasteiger charge is -2.14. The van der Waals surface area contributed by atoms with Gasteiger partial charge in [0, 0.05) is 15.5 Å². The van der Waals surface area contributed by atoms with Gasteiger partial charge in [-0.25, -0.2) is 13.1 Å². The number of thiophene rings is 1. The smallest absolute Gasteiger partial charge is 0.243 e. The van der Waals surface area contributed by atoms with Crippen molar-refractivity contribution in [1.82, 2.24) is 4.72 Å². The first-order chi connectivity index (χ1) is 9.81. The van der Waals surface area contributed by atoms with Crippen molar-refractivity contribution in [2.45, 2.75) is 11.0 Å². The maximum atomic E-state index is 12.3. The maximum Gasteiger partial charge on any atom is 0.243 e. The predicted molar refractivity (Wildman–Crippen MR) is 90.7 cm³/mol. The van der Waals surface area contributed by atoms with E-state index in [4.69, 9.17) is 5.73 Å². The van der Waals surface area contributed by atoms with Gasteiger partial charge in [-0.05, 0) is 50.5 Å². The van der Waals surface area contributed by atoms with Crippen LogP contribution < -0.4 is 10.5 Å². The molecule has 4 N–H and O–H groups in total. The van der Waals surface area contributed by atoms with Gasteiger partial charge in [0.1, 0.15) is 4.90 Å². The Morgan fingerprint density at radius 3 is 2.67 bits per heavy atom. The fourth-order valence-electron chi connectivity index (χ4n) is 1.71. The molecule has 9 heteroatoms. The highest BCUT2D eigenvalue weighted by Gasteiger charge is 2.22. The minimum atomic E-state index is -3.82. The first-order valence-electron chi connectivity index (χ1n) is 5.75. The molecule has 0 aliphatic heterocycles. The third-order valence-corrected chi connectivity index (χ3v) is 6.29. The number of anilines is 1. The lowest BCUT2D eigenvalue weighted by atomic mass is 10.2. The van der Waals surface area contributed by atoms with Gasteiger partial charge in [-0.3, -0.25) is 0 Å². The van der Waals surface area contributed by atoms with E-state index in [1.807, 2.05) is 5.38 Å². The second-order valence-electron chi connectivity index (χ2n) is 4.23. The largest absolute Gasteiger partial charge is 0.398 e. The van der Waals surface area contributed by atoms with Crippen molar-refractivity contribution in [1.29, 1.82) is 0 Å². The van der Waals surface area contributed by atoms with Crippen molar-refractivity contribution in [2.24, 2.45) is 0 Å². The molecule has 0 aliphatic rings. The van der Waals surface area contributed by atoms with Gasteiger partial charge in [0.05, 0.1) is 11.8 Å². The summed E-state index contributed by atoms with van der Waals surface area (Å²) in [6.07, 6.45) is -0.901. The fraction of sp³-hybridized carbons (Fsp3) is 0.167. The standard InChI is InChI=1S/C12H12Br2N2O3S2/c13-8-3-9(14)12(10(15)4-8)21(18,19)16-5-11(17)7-1-2-20-6-7/h1-4,6,11,16-17H,5,15H2. The molecule has 2 aromatic rings. The maximum absolute atomic E-state index is 12.3. The van der Waals surface area contributed by atoms with Crippen LogP contribution in [0.5, 0.6) is 0 Å². The molecular weight excluding hydrogens is 444 g/mol. The summed E-state index contributed by atoms with van der Waals surface area (Å²) in [5.74, 6) is 0. The summed E-state index contributed by atoms with van der Waals surface area (Å²) in [6, 6.07) is 4.85. The molecule has 1 heterocycles. The van der Waals surface area contributed by atoms with Gasteiger partial charge < -0.3 is 10.8 Å². The second-order valence-corrected chi connectivity index (χ2v) is 8.48. The molecule has 21 heavy (non-hydrogen) atoms. The van der Waals surface area contributed by atoms with Crippen molar-refractivity contribution in [3.8, 4) is 0 Å². The minimum absolute atomic E-state index is 0.0387. The van der Waals surface area contributed by atoms with E-state index in [-0.39, 0.29) is 17.1 Å². The summed E-state index contributed by atoms with van der Waals surface area (Å²) in [6.45, 7) is -0.124. The average molecular weight is 456 g/mol. The summed E-state index contributed by atoms with van der Waals surface area (Å²) >= 11 is 7.86. The van der Waals surface area contributed by atoms with Crippen LogP contribution in [-0.4, -0.2) is 20.1 Å². The monoisotopic (exact) mass is 454 g/mol. The molecule has 0 aliphatic carbocycles. The van der Waals surface area contributed by atoms with Crippen LogP contribution in [0, 0.1) is 0 Å². The van der Waals surface area contributed by atoms with Crippen LogP contribution in [0.15, 0.2) is 42.8 Å². The van der Waals surface area contributed by atoms with Crippen molar-refractivity contribution in [2.75, 3.05) is 12.3 Å². The summed E-state index contributed by atoms with van der Waals surface area (Å²) in [5.41, 5.74) is 6.56. The predicted octanol–water partition coefficient (Wildman–Crippen LogP) is 2.87. The Kier molecular flexibility index (Phi) is 5.44. The molecule has 0 saturated heterocycles. The molecule has 2 rings (SSSR count). The third kappa shape index (κ3) is 4.05. The van der Waals surface area contributed by atoms with Gasteiger partial charge in [-0.2, -0.15) is 11.3 Å². The van der Waals surface area contributed by atoms with Crippen LogP contribution in [0.1, 0.15) is 11.7 Å². The Balaban J connectivity index is 2.20. The number of nitrogen functional groups attached to an aromatic ring is 1. The van der Waals surface area contributed by atoms with Gasteiger partial charge in [-0.1, -0.05) is 15.9 Å². The van der Waals surface area contributed by atoms with Crippen molar-refractivity contribution in [3.63, 3.8) is 0 Å². The first kappa shape index (κ1) is 16.9. The molecule has 114 valence electrons. The van der Waals surface area contributed by atoms with E-state index in [9.17, 15) is 13.5 Å². The summed E-state index contributed by atoms with van der Waals surface area (Å²) < 4.78 is 28.0. The quantitative estimate of drug-likeness (QED) is 0.604. The molecule has 1 unspecified atom stereocenters. The highest BCUT2D eigenvalue weighted by Crippen LogP contribution is 2.31. The highest BCUT2D eigenvalue weighted by atomic mass is 79.9. The molecule has 0 saturated carbocycles. The Labute approximate surface area is 143 Å². The van der Waals surface area contributed by atoms with Crippen LogP contribution in [0.2, 0.25) is 0 Å². The van der Waals surface area contributed by atoms with Crippen LogP contribution in [0.25, 0.3) is 0 Å². The van der Waals surface area contributed by atoms with Gasteiger partial charge in [0.25, 0.3) is 0 Å². The number of halogens is 2. The summed E-state index contributed by atoms with van der Waals surface area (Å²) in [7, 11) is -3.82. The number of hydrogen-bond donors (Lipinski definition) is 3. The number of aliphatic hydroxyl groups is 1. The topological polar surface area (TPSA) is 92.4 Å². The van der Waals surface area contributed by atoms with Gasteiger partial charge in [0.15, 0.2) is 0 Å². The lowest BCUT2D eigenvalue weighted by molar-refractivity contribution is 0.182. The molecule has 0 fully saturated rings. The van der Waals surface area contributed by atoms with Crippen LogP contribution >= 0.6 is 43.2 Å². The molecule has 1 atom stereocenters. The third-order valence-electron chi connectivity index (χ3n) is 2.70. The zero-order chi connectivity index (χ0) is 15.6. The van der Waals surface area contributed by atoms with E-state index in [1.54, 1.807) is 17.5 Å². The lowest BCUT2D eigenvalue weighted by Crippen LogP contribution is -2.29. The molecule has 0 bridgehead atoms. The first-order valence-corrected chi connectivity index (χ1v) is 9.77. The van der Waals surface area contributed by atoms with E-state index in [1.165, 1.54) is 17.4 Å². The number of hydrogen-bond acceptors (Lipinski definition) is 5. The SMILES string of the molecule is Nc1cc(Br)cc(Br)c1S(=O)(=O)NCC(O)c1ccsc1. The molecule has 0 spiro atoms. The second kappa shape index (κ2) is 6.76. The highest BCUT2D eigenvalue weighted by molar-refractivity contribution is 9.11. The van der Waals surface area contributed by atoms with Crippen molar-refractivity contribution < 1.29 is 13.5 Å². The Hall–Kier alpha value is -0.450. The number of nitrogens with one attached hydrogen (secondary N) is 1. The summed E-state index contributed by atoms with van der Waals surface area (Å²) in [5, 5.41) is 13.5. The van der Waals surface area contributed by atoms with Gasteiger partial charge >= 0.3 is 0 Å². The normalized spacial score (nSPS) is 13.3. The average Bonchev–Trinajstić information content (AvgIpc) is 2.88. The van der Waals surface area contributed by atoms with Crippen LogP contribution in [0.3, 0.4) is 0 Å². The Morgan fingerprint density at radius 1 is 1.38 bits per heavy atom. The van der Waals surface area contributed by atoms with Crippen LogP contribution in [0.4, 0.5) is 5.69 Å². The number of benzene rings is 1. The zero-order valence-electron chi connectivity index (χ0n) is 10.6. The molecule has 1 aromatic carbocycles. The van der Waals surface area contributed by atoms with Crippen molar-refractivity contribution in [3.05, 3.63) is 43.5 Å². The molecule has 0 radical (unpaired) electrons. The fourth-order valence-corrected chi connectivity index (χ4v) is 5.52. The minimum Gasteiger partial charge on any atom is -0.398 e. The van der Waals surface area contributed by atoms with Gasteiger partial charge in [-0.15, -0.1) is 0 Å². The molecule has 5 nitrogen and oxygen atoms in total. The summed E-state index contributed by atoms with van der Waals surface area (Å²) in [4.78, 5) is -0.0387. The van der Waals surface area contributed by atoms with E-state index in [2.05, 4.69) is 36.6 Å². The van der Waals surface area contributed by atoms with Gasteiger partial charge in [0.2, 0.25) is 10.0 Å². The Bertz CT molecular complexity index is 710. The number of rotatable bonds is 5. The van der Waals surface area contributed by atoms with Crippen molar-refractivity contribution >= 4 is 58.9 Å². The zero-order valence-corrected chi connectivity index (χ0v) is 15.4. The molecule has 1 aromatic heterocycles. The number of nitrogens with two attached hydrogens (primary N) is 1. The number of aliphatic hydroxyl groups excluding tert-OH is 1. The molecule has 0 amide bonds. The number of sulfonamides is 1. The Morgan fingerprint density at radius 2 is 2.10 bits per heavy atom. The van der Waals surface area contributed by atoms with E-state index >= 15 is 0 Å². The van der Waals surface area contributed by atoms with E-state index in [0.29, 0.717) is 14.5 Å². The van der Waals surface area contributed by atoms with E-state index in [0.717, 1.165) is 0 Å². The van der Waals surface area contributed by atoms with Crippen LogP contribution in [-0.2, 0) is 10.0 Å².